The lowest BCUT2D eigenvalue weighted by atomic mass is 9.84. The molecule has 14 nitrogen and oxygen atoms in total. The number of nitrogens with zero attached hydrogens (tertiary/aromatic N) is 1. The van der Waals surface area contributed by atoms with Crippen LogP contribution < -0.4 is 41.8 Å². The van der Waals surface area contributed by atoms with Gasteiger partial charge in [-0.05, 0) is 94.7 Å². The number of amides is 3. The molecule has 0 aliphatic heterocycles. The van der Waals surface area contributed by atoms with Crippen molar-refractivity contribution in [3.05, 3.63) is 88.0 Å². The number of nitrogens with one attached hydrogen (secondary N) is 4. The number of methoxy groups -OCH3 is 3. The summed E-state index contributed by atoms with van der Waals surface area (Å²) in [5.74, 6) is 7.04. The Morgan fingerprint density at radius 3 is 1.40 bits per heavy atom. The van der Waals surface area contributed by atoms with Crippen molar-refractivity contribution >= 4 is 29.2 Å². The number of hydrogen-bond acceptors (Lipinski definition) is 11. The minimum absolute atomic E-state index is 0.0527. The summed E-state index contributed by atoms with van der Waals surface area (Å²) in [5, 5.41) is 12.0. The van der Waals surface area contributed by atoms with Gasteiger partial charge in [0.05, 0.1) is 21.3 Å². The number of hydrazine groups is 2. The van der Waals surface area contributed by atoms with Crippen LogP contribution in [0.5, 0.6) is 17.2 Å². The van der Waals surface area contributed by atoms with Gasteiger partial charge in [0.15, 0.2) is 0 Å². The fourth-order valence-corrected chi connectivity index (χ4v) is 7.88. The Bertz CT molecular complexity index is 2150. The van der Waals surface area contributed by atoms with Gasteiger partial charge in [0.2, 0.25) is 0 Å². The topological polar surface area (TPSA) is 203 Å². The van der Waals surface area contributed by atoms with Gasteiger partial charge in [0.25, 0.3) is 17.7 Å². The summed E-state index contributed by atoms with van der Waals surface area (Å²) in [6, 6.07) is 16.5. The molecule has 0 radical (unpaired) electrons. The maximum atomic E-state index is 12.5. The molecule has 0 saturated heterocycles. The quantitative estimate of drug-likeness (QED) is 0.0156. The van der Waals surface area contributed by atoms with E-state index in [4.69, 9.17) is 25.2 Å². The van der Waals surface area contributed by atoms with E-state index in [9.17, 15) is 19.2 Å². The Morgan fingerprint density at radius 1 is 0.571 bits per heavy atom. The van der Waals surface area contributed by atoms with Gasteiger partial charge < -0.3 is 19.3 Å². The first-order chi connectivity index (χ1) is 36.2. The van der Waals surface area contributed by atoms with E-state index in [1.165, 1.54) is 64.2 Å². The summed E-state index contributed by atoms with van der Waals surface area (Å²) in [5.41, 5.74) is 16.3. The van der Waals surface area contributed by atoms with E-state index in [-0.39, 0.29) is 46.6 Å². The molecule has 3 rings (SSSR count). The minimum atomic E-state index is -0.291. The average molecular weight is 1080 g/mol. The predicted molar refractivity (Wildman–Crippen MR) is 321 cm³/mol. The number of rotatable bonds is 25. The van der Waals surface area contributed by atoms with Crippen molar-refractivity contribution < 1.29 is 38.5 Å². The van der Waals surface area contributed by atoms with Gasteiger partial charge in [0.1, 0.15) is 23.0 Å². The number of unbranched alkanes of at least 4 members (excludes halogenated alkanes) is 9. The zero-order valence-electron chi connectivity index (χ0n) is 51.6. The van der Waals surface area contributed by atoms with Crippen LogP contribution in [0.4, 0.5) is 0 Å². The Kier molecular flexibility index (Phi) is 39.1. The minimum Gasteiger partial charge on any atom is -0.496 e. The lowest BCUT2D eigenvalue weighted by molar-refractivity contribution is -0.126. The number of ether oxygens (including phenoxy) is 3. The number of benzene rings is 3. The van der Waals surface area contributed by atoms with Gasteiger partial charge in [-0.25, -0.2) is 16.7 Å². The zero-order valence-corrected chi connectivity index (χ0v) is 51.6. The van der Waals surface area contributed by atoms with E-state index in [2.05, 4.69) is 89.1 Å². The lowest BCUT2D eigenvalue weighted by Gasteiger charge is -2.32. The highest BCUT2D eigenvalue weighted by Gasteiger charge is 2.25. The van der Waals surface area contributed by atoms with Crippen molar-refractivity contribution in [2.75, 3.05) is 27.9 Å². The molecular formula is C63H108N6O8. The number of hydrazone groups is 1. The van der Waals surface area contributed by atoms with Crippen molar-refractivity contribution in [3.63, 3.8) is 0 Å². The third kappa shape index (κ3) is 30.4. The number of aliphatic hydroxyl groups excluding tert-OH is 1. The molecule has 77 heavy (non-hydrogen) atoms. The lowest BCUT2D eigenvalue weighted by Crippen LogP contribution is -2.50. The highest BCUT2D eigenvalue weighted by molar-refractivity contribution is 5.98. The van der Waals surface area contributed by atoms with E-state index in [1.54, 1.807) is 46.5 Å². The summed E-state index contributed by atoms with van der Waals surface area (Å²) < 4.78 is 15.7. The second kappa shape index (κ2) is 40.8. The first-order valence-corrected chi connectivity index (χ1v) is 28.3. The van der Waals surface area contributed by atoms with Gasteiger partial charge in [-0.3, -0.25) is 30.0 Å². The first-order valence-electron chi connectivity index (χ1n) is 28.3. The van der Waals surface area contributed by atoms with Crippen LogP contribution in [0.3, 0.4) is 0 Å². The molecule has 3 aromatic carbocycles. The Morgan fingerprint density at radius 2 is 1.00 bits per heavy atom. The number of aliphatic hydroxyl groups is 1. The molecule has 0 heterocycles. The number of carbonyl (C=O) groups excluding carboxylic acids is 4. The van der Waals surface area contributed by atoms with Gasteiger partial charge in [-0.2, -0.15) is 5.10 Å². The molecule has 3 amide bonds. The molecule has 1 atom stereocenters. The van der Waals surface area contributed by atoms with Crippen molar-refractivity contribution in [2.45, 2.75) is 220 Å². The molecule has 0 fully saturated rings. The van der Waals surface area contributed by atoms with E-state index in [0.717, 1.165) is 66.7 Å². The molecule has 0 bridgehead atoms. The number of nitrogens with two attached hydrogens (primary N) is 1. The van der Waals surface area contributed by atoms with Crippen LogP contribution in [-0.4, -0.2) is 68.3 Å². The Labute approximate surface area is 467 Å². The third-order valence-electron chi connectivity index (χ3n) is 12.9. The Balaban J connectivity index is 0. The molecule has 0 aliphatic rings. The van der Waals surface area contributed by atoms with Gasteiger partial charge in [0, 0.05) is 69.0 Å². The standard InChI is InChI=1S/C20H34N2O2.C20H32N2O2.C11H22O.C10H14N2O2.C2H6O/c2*1-7-8-9-10-14-18(20(3,4)5)21-22-19(23)16-12-11-13-17(24-6)15(16)2;1-5-6-7-8-9-10(12)11(2,3)4;1-3-7-8(10(13)12-11)5-4-6-9(7)14-2;1-2-3/h11-13,18,21H,7-10,14H2,1-6H3,(H,22,23);11-13H,7-10,14H2,1-6H3,(H,22,23);5-9H2,1-4H3;4-6H,3,11H2,1-2H3,(H,12,13);3H,2H2,1H3/b;21-18-;;;. The summed E-state index contributed by atoms with van der Waals surface area (Å²) in [4.78, 5) is 47.8. The second-order valence-corrected chi connectivity index (χ2v) is 22.3. The molecule has 0 spiro atoms. The van der Waals surface area contributed by atoms with Crippen molar-refractivity contribution in [2.24, 2.45) is 27.2 Å². The van der Waals surface area contributed by atoms with Crippen LogP contribution >= 0.6 is 0 Å². The SMILES string of the molecule is CCCCCC/C(=N/NC(=O)c1cccc(OC)c1C)C(C)(C)C.CCCCCCC(=O)C(C)(C)C.CCCCCCC(NNC(=O)c1cccc(OC)c1C)C(C)(C)C.CCO.CCc1c(OC)cccc1C(=O)NN. The largest absolute Gasteiger partial charge is 0.496 e. The molecule has 0 aromatic heterocycles. The van der Waals surface area contributed by atoms with E-state index in [0.29, 0.717) is 34.0 Å². The van der Waals surface area contributed by atoms with Crippen LogP contribution in [0.15, 0.2) is 59.7 Å². The number of nitrogen functional groups attached to an aromatic ring is 1. The fraction of sp³-hybridized carbons (Fsp3) is 0.635. The van der Waals surface area contributed by atoms with Crippen LogP contribution in [0.2, 0.25) is 0 Å². The number of ketones is 1. The van der Waals surface area contributed by atoms with Crippen molar-refractivity contribution in [1.29, 1.82) is 0 Å². The molecule has 14 heteroatoms. The maximum absolute atomic E-state index is 12.5. The average Bonchev–Trinajstić information content (AvgIpc) is 3.38. The smallest absolute Gasteiger partial charge is 0.271 e. The number of carbonyl (C=O) groups is 4. The monoisotopic (exact) mass is 1080 g/mol. The zero-order chi connectivity index (χ0) is 59.2. The third-order valence-corrected chi connectivity index (χ3v) is 12.9. The molecule has 438 valence electrons. The first kappa shape index (κ1) is 73.8. The highest BCUT2D eigenvalue weighted by Crippen LogP contribution is 2.27. The van der Waals surface area contributed by atoms with Crippen LogP contribution in [0.1, 0.15) is 241 Å². The van der Waals surface area contributed by atoms with E-state index >= 15 is 0 Å². The molecule has 7 N–H and O–H groups in total. The fourth-order valence-electron chi connectivity index (χ4n) is 7.88. The van der Waals surface area contributed by atoms with E-state index < -0.39 is 0 Å². The van der Waals surface area contributed by atoms with Crippen LogP contribution in [0.25, 0.3) is 0 Å². The van der Waals surface area contributed by atoms with E-state index in [1.807, 2.05) is 77.9 Å². The van der Waals surface area contributed by atoms with Crippen molar-refractivity contribution in [1.82, 2.24) is 21.7 Å². The molecular weight excluding hydrogens is 969 g/mol. The summed E-state index contributed by atoms with van der Waals surface area (Å²) >= 11 is 0. The van der Waals surface area contributed by atoms with Gasteiger partial charge in [-0.15, -0.1) is 0 Å². The summed E-state index contributed by atoms with van der Waals surface area (Å²) in [7, 11) is 4.81. The number of Topliss-reactive ketones (excluding diaryl/α,β-unsaturated/α-hetero) is 1. The van der Waals surface area contributed by atoms with Gasteiger partial charge >= 0.3 is 0 Å². The Hall–Kier alpha value is -5.31. The second-order valence-electron chi connectivity index (χ2n) is 22.3. The molecule has 0 saturated carbocycles. The normalized spacial score (nSPS) is 11.6. The van der Waals surface area contributed by atoms with Crippen LogP contribution in [-0.2, 0) is 11.2 Å². The summed E-state index contributed by atoms with van der Waals surface area (Å²) in [6.07, 6.45) is 17.9. The molecule has 3 aromatic rings. The maximum Gasteiger partial charge on any atom is 0.271 e. The van der Waals surface area contributed by atoms with Gasteiger partial charge in [-0.1, -0.05) is 172 Å². The highest BCUT2D eigenvalue weighted by atomic mass is 16.5. The predicted octanol–water partition coefficient (Wildman–Crippen LogP) is 14.2. The molecule has 1 unspecified atom stereocenters. The molecule has 0 aliphatic carbocycles. The summed E-state index contributed by atoms with van der Waals surface area (Å²) in [6.45, 7) is 33.3. The van der Waals surface area contributed by atoms with Crippen molar-refractivity contribution in [3.8, 4) is 17.2 Å². The van der Waals surface area contributed by atoms with Crippen LogP contribution in [0, 0.1) is 30.1 Å². The number of hydrogen-bond donors (Lipinski definition) is 6.